The summed E-state index contributed by atoms with van der Waals surface area (Å²) in [4.78, 5) is 13.2. The predicted molar refractivity (Wildman–Crippen MR) is 142 cm³/mol. The molecule has 1 aromatic heterocycles. The van der Waals surface area contributed by atoms with Crippen LogP contribution in [-0.4, -0.2) is 110 Å². The van der Waals surface area contributed by atoms with Crippen molar-refractivity contribution in [1.29, 1.82) is 0 Å². The molecule has 0 aliphatic carbocycles. The van der Waals surface area contributed by atoms with Crippen molar-refractivity contribution >= 4 is 11.0 Å². The van der Waals surface area contributed by atoms with Crippen molar-refractivity contribution in [3.63, 3.8) is 0 Å². The lowest BCUT2D eigenvalue weighted by molar-refractivity contribution is -0.338. The number of phenols is 2. The number of aliphatic hydroxyl groups excluding tert-OH is 6. The number of methoxy groups -OCH3 is 1. The molecule has 2 aliphatic heterocycles. The van der Waals surface area contributed by atoms with Crippen LogP contribution in [0.5, 0.6) is 17.2 Å². The van der Waals surface area contributed by atoms with Gasteiger partial charge in [-0.2, -0.15) is 0 Å². The summed E-state index contributed by atoms with van der Waals surface area (Å²) in [5, 5.41) is 83.7. The summed E-state index contributed by atoms with van der Waals surface area (Å²) in [5.41, 5.74) is -0.891. The quantitative estimate of drug-likeness (QED) is 0.176. The first-order valence-corrected chi connectivity index (χ1v) is 13.1. The summed E-state index contributed by atoms with van der Waals surface area (Å²) in [6, 6.07) is 8.47. The van der Waals surface area contributed by atoms with Crippen LogP contribution in [0.2, 0.25) is 0 Å². The lowest BCUT2D eigenvalue weighted by Crippen LogP contribution is -2.61. The van der Waals surface area contributed by atoms with Gasteiger partial charge in [-0.1, -0.05) is 0 Å². The van der Waals surface area contributed by atoms with E-state index in [1.165, 1.54) is 14.0 Å². The van der Waals surface area contributed by atoms with Gasteiger partial charge in [0.05, 0.1) is 25.4 Å². The fourth-order valence-electron chi connectivity index (χ4n) is 5.25. The molecule has 5 rings (SSSR count). The van der Waals surface area contributed by atoms with Gasteiger partial charge >= 0.3 is 0 Å². The number of hydrogen-bond donors (Lipinski definition) is 8. The second kappa shape index (κ2) is 11.8. The first-order chi connectivity index (χ1) is 20.0. The Labute approximate surface area is 238 Å². The molecular formula is C28H32O14. The van der Waals surface area contributed by atoms with Gasteiger partial charge in [0.15, 0.2) is 17.3 Å². The maximum atomic E-state index is 13.2. The molecule has 2 aliphatic rings. The molecule has 0 amide bonds. The van der Waals surface area contributed by atoms with Crippen LogP contribution in [0.3, 0.4) is 0 Å². The smallest absolute Gasteiger partial charge is 0.197 e. The van der Waals surface area contributed by atoms with E-state index in [1.807, 2.05) is 0 Å². The van der Waals surface area contributed by atoms with E-state index < -0.39 is 84.8 Å². The summed E-state index contributed by atoms with van der Waals surface area (Å²) in [6.07, 6.45) is -15.9. The molecule has 0 bridgehead atoms. The average Bonchev–Trinajstić information content (AvgIpc) is 2.97. The number of aliphatic hydroxyl groups is 6. The van der Waals surface area contributed by atoms with Gasteiger partial charge in [0.25, 0.3) is 0 Å². The van der Waals surface area contributed by atoms with Crippen LogP contribution in [0.15, 0.2) is 45.6 Å². The molecular weight excluding hydrogens is 560 g/mol. The molecule has 3 aromatic rings. The zero-order valence-corrected chi connectivity index (χ0v) is 22.5. The summed E-state index contributed by atoms with van der Waals surface area (Å²) in [6.45, 7) is 0.635. The summed E-state index contributed by atoms with van der Waals surface area (Å²) < 4.78 is 28.4. The number of aromatic hydroxyl groups is 2. The highest BCUT2D eigenvalue weighted by Crippen LogP contribution is 2.45. The van der Waals surface area contributed by atoms with Crippen LogP contribution >= 0.6 is 0 Å². The fraction of sp³-hybridized carbons (Fsp3) is 0.464. The highest BCUT2D eigenvalue weighted by Gasteiger charge is 2.51. The predicted octanol–water partition coefficient (Wildman–Crippen LogP) is -0.754. The number of benzene rings is 2. The second-order valence-electron chi connectivity index (χ2n) is 10.3. The van der Waals surface area contributed by atoms with Crippen molar-refractivity contribution in [3.8, 4) is 28.6 Å². The monoisotopic (exact) mass is 592 g/mol. The minimum absolute atomic E-state index is 0.0333. The van der Waals surface area contributed by atoms with E-state index >= 15 is 0 Å². The molecule has 0 spiro atoms. The van der Waals surface area contributed by atoms with E-state index in [0.29, 0.717) is 11.3 Å². The lowest BCUT2D eigenvalue weighted by Gasteiger charge is -2.46. The first kappa shape index (κ1) is 30.2. The number of phenolic OH excluding ortho intramolecular Hbond substituents is 2. The molecule has 0 radical (unpaired) electrons. The molecule has 14 heteroatoms. The number of hydrogen-bond acceptors (Lipinski definition) is 14. The SMILES string of the molecule is COc1ccc(-c2cc(=O)c3c(O)cc(O)c([C@@H]4O[C@H](CO)[C@H](O)[C@H](O)[C@H]4O[C@@H]4O[C@@H](C)[C@H](O)[C@H](O)[C@@H]4O)c3o2)cc1. The van der Waals surface area contributed by atoms with Crippen LogP contribution in [0.4, 0.5) is 0 Å². The molecule has 10 atom stereocenters. The molecule has 14 nitrogen and oxygen atoms in total. The van der Waals surface area contributed by atoms with Crippen LogP contribution in [0.25, 0.3) is 22.3 Å². The van der Waals surface area contributed by atoms with Crippen molar-refractivity contribution in [2.45, 2.75) is 68.1 Å². The Morgan fingerprint density at radius 2 is 1.55 bits per heavy atom. The molecule has 0 unspecified atom stereocenters. The van der Waals surface area contributed by atoms with E-state index in [4.69, 9.17) is 23.4 Å². The highest BCUT2D eigenvalue weighted by molar-refractivity contribution is 5.89. The minimum atomic E-state index is -1.84. The van der Waals surface area contributed by atoms with Gasteiger partial charge in [0.2, 0.25) is 0 Å². The van der Waals surface area contributed by atoms with E-state index in [9.17, 15) is 45.6 Å². The summed E-state index contributed by atoms with van der Waals surface area (Å²) in [5.74, 6) is -0.699. The van der Waals surface area contributed by atoms with Gasteiger partial charge in [-0.25, -0.2) is 0 Å². The van der Waals surface area contributed by atoms with Crippen LogP contribution in [-0.2, 0) is 14.2 Å². The zero-order valence-electron chi connectivity index (χ0n) is 22.5. The van der Waals surface area contributed by atoms with Crippen LogP contribution in [0, 0.1) is 0 Å². The average molecular weight is 593 g/mol. The third-order valence-electron chi connectivity index (χ3n) is 7.62. The Bertz CT molecular complexity index is 1470. The molecule has 2 saturated heterocycles. The normalized spacial score (nSPS) is 33.5. The van der Waals surface area contributed by atoms with Gasteiger partial charge in [-0.05, 0) is 31.2 Å². The molecule has 2 fully saturated rings. The van der Waals surface area contributed by atoms with Crippen molar-refractivity contribution in [2.24, 2.45) is 0 Å². The maximum absolute atomic E-state index is 13.2. The summed E-state index contributed by atoms with van der Waals surface area (Å²) >= 11 is 0. The Kier molecular flexibility index (Phi) is 8.44. The fourth-order valence-corrected chi connectivity index (χ4v) is 5.25. The van der Waals surface area contributed by atoms with Gasteiger partial charge in [0.1, 0.15) is 77.2 Å². The van der Waals surface area contributed by atoms with E-state index in [-0.39, 0.29) is 22.3 Å². The molecule has 2 aromatic carbocycles. The zero-order chi connectivity index (χ0) is 30.5. The largest absolute Gasteiger partial charge is 0.507 e. The minimum Gasteiger partial charge on any atom is -0.507 e. The van der Waals surface area contributed by atoms with Crippen LogP contribution < -0.4 is 10.2 Å². The third-order valence-corrected chi connectivity index (χ3v) is 7.62. The number of fused-ring (bicyclic) bond motifs is 1. The molecule has 3 heterocycles. The Balaban J connectivity index is 1.66. The van der Waals surface area contributed by atoms with Crippen molar-refractivity contribution in [3.05, 3.63) is 52.2 Å². The van der Waals surface area contributed by atoms with E-state index in [2.05, 4.69) is 0 Å². The van der Waals surface area contributed by atoms with Crippen molar-refractivity contribution in [2.75, 3.05) is 13.7 Å². The highest BCUT2D eigenvalue weighted by atomic mass is 16.7. The Morgan fingerprint density at radius 1 is 0.857 bits per heavy atom. The van der Waals surface area contributed by atoms with Crippen molar-refractivity contribution in [1.82, 2.24) is 0 Å². The van der Waals surface area contributed by atoms with E-state index in [0.717, 1.165) is 12.1 Å². The number of rotatable bonds is 6. The maximum Gasteiger partial charge on any atom is 0.197 e. The van der Waals surface area contributed by atoms with E-state index in [1.54, 1.807) is 24.3 Å². The second-order valence-corrected chi connectivity index (χ2v) is 10.3. The molecule has 0 saturated carbocycles. The number of ether oxygens (including phenoxy) is 4. The third kappa shape index (κ3) is 5.21. The van der Waals surface area contributed by atoms with Gasteiger partial charge in [-0.3, -0.25) is 4.79 Å². The van der Waals surface area contributed by atoms with Gasteiger partial charge in [0, 0.05) is 17.7 Å². The van der Waals surface area contributed by atoms with Crippen molar-refractivity contribution < 1.29 is 64.2 Å². The topological polar surface area (TPSA) is 229 Å². The Morgan fingerprint density at radius 3 is 2.19 bits per heavy atom. The van der Waals surface area contributed by atoms with Crippen LogP contribution in [0.1, 0.15) is 18.6 Å². The molecule has 42 heavy (non-hydrogen) atoms. The standard InChI is InChI=1S/C28H32O14/c1-10-20(33)22(35)24(37)28(39-10)42-27-23(36)21(34)17(9-29)41-26(27)19-14(31)7-13(30)18-15(32)8-16(40-25(18)19)11-3-5-12(38-2)6-4-11/h3-8,10,17,20-24,26-31,33-37H,9H2,1-2H3/t10-,17+,20-,21-,22-,23-,24-,26-,27+,28-/m0/s1. The summed E-state index contributed by atoms with van der Waals surface area (Å²) in [7, 11) is 1.48. The lowest BCUT2D eigenvalue weighted by atomic mass is 9.89. The first-order valence-electron chi connectivity index (χ1n) is 13.1. The van der Waals surface area contributed by atoms with Gasteiger partial charge in [-0.15, -0.1) is 0 Å². The van der Waals surface area contributed by atoms with Gasteiger partial charge < -0.3 is 64.2 Å². The molecule has 228 valence electrons. The Hall–Kier alpha value is -3.31. The molecule has 8 N–H and O–H groups in total.